The summed E-state index contributed by atoms with van der Waals surface area (Å²) in [6.07, 6.45) is 2.04. The van der Waals surface area contributed by atoms with Crippen LogP contribution in [0, 0.1) is 0 Å². The molecule has 0 radical (unpaired) electrons. The maximum absolute atomic E-state index is 9.02. The van der Waals surface area contributed by atoms with Crippen LogP contribution in [-0.2, 0) is 0 Å². The Balaban J connectivity index is 2.19. The summed E-state index contributed by atoms with van der Waals surface area (Å²) < 4.78 is 0. The Kier molecular flexibility index (Phi) is 4.35. The molecule has 1 heterocycles. The van der Waals surface area contributed by atoms with Crippen LogP contribution in [0.25, 0.3) is 0 Å². The average molecular weight is 190 g/mol. The molecular weight excluding hydrogens is 172 g/mol. The third-order valence-corrected chi connectivity index (χ3v) is 3.48. The molecule has 0 aromatic carbocycles. The summed E-state index contributed by atoms with van der Waals surface area (Å²) >= 11 is 1.72. The lowest BCUT2D eigenvalue weighted by Gasteiger charge is -2.33. The highest BCUT2D eigenvalue weighted by Gasteiger charge is 2.22. The van der Waals surface area contributed by atoms with Gasteiger partial charge < -0.3 is 15.7 Å². The second-order valence-electron chi connectivity index (χ2n) is 3.27. The van der Waals surface area contributed by atoms with Crippen molar-refractivity contribution in [1.29, 1.82) is 0 Å². The maximum Gasteiger partial charge on any atom is 0.0564 e. The average Bonchev–Trinajstić information content (AvgIpc) is 1.99. The molecule has 1 aliphatic rings. The molecule has 1 rings (SSSR count). The van der Waals surface area contributed by atoms with Gasteiger partial charge in [0.05, 0.1) is 6.61 Å². The topological polar surface area (TPSA) is 44.3 Å². The van der Waals surface area contributed by atoms with E-state index < -0.39 is 0 Å². The Morgan fingerprint density at radius 3 is 2.67 bits per heavy atom. The molecule has 3 N–H and O–H groups in total. The van der Waals surface area contributed by atoms with Gasteiger partial charge in [0.15, 0.2) is 0 Å². The largest absolute Gasteiger partial charge is 0.395 e. The second kappa shape index (κ2) is 5.07. The van der Waals surface area contributed by atoms with E-state index in [2.05, 4.69) is 17.6 Å². The number of aliphatic hydroxyl groups is 1. The van der Waals surface area contributed by atoms with Gasteiger partial charge in [0.25, 0.3) is 0 Å². The molecule has 1 fully saturated rings. The van der Waals surface area contributed by atoms with Crippen LogP contribution in [0.5, 0.6) is 0 Å². The number of hydrogen-bond acceptors (Lipinski definition) is 4. The first-order valence-electron chi connectivity index (χ1n) is 4.38. The van der Waals surface area contributed by atoms with E-state index in [9.17, 15) is 0 Å². The van der Waals surface area contributed by atoms with Crippen molar-refractivity contribution in [3.05, 3.63) is 0 Å². The van der Waals surface area contributed by atoms with Gasteiger partial charge in [0.2, 0.25) is 0 Å². The van der Waals surface area contributed by atoms with Crippen molar-refractivity contribution in [2.24, 2.45) is 0 Å². The van der Waals surface area contributed by atoms with E-state index in [0.29, 0.717) is 17.3 Å². The number of nitrogens with one attached hydrogen (secondary N) is 2. The van der Waals surface area contributed by atoms with Gasteiger partial charge in [-0.25, -0.2) is 0 Å². The summed E-state index contributed by atoms with van der Waals surface area (Å²) in [5.41, 5.74) is 0. The van der Waals surface area contributed by atoms with Crippen molar-refractivity contribution < 1.29 is 5.11 Å². The van der Waals surface area contributed by atoms with Gasteiger partial charge in [-0.2, -0.15) is 11.8 Å². The predicted octanol–water partition coefficient (Wildman–Crippen LogP) is -0.340. The highest BCUT2D eigenvalue weighted by atomic mass is 32.2. The Morgan fingerprint density at radius 2 is 2.33 bits per heavy atom. The standard InChI is InChI=1S/C8H18N2OS/c1-6(8(5-11)12-2)10-7-3-9-4-7/h6-11H,3-5H2,1-2H3. The van der Waals surface area contributed by atoms with Crippen LogP contribution in [0.2, 0.25) is 0 Å². The fraction of sp³-hybridized carbons (Fsp3) is 1.00. The van der Waals surface area contributed by atoms with Crippen LogP contribution in [-0.4, -0.2) is 48.4 Å². The molecule has 0 spiro atoms. The molecule has 3 nitrogen and oxygen atoms in total. The zero-order valence-electron chi connectivity index (χ0n) is 7.71. The summed E-state index contributed by atoms with van der Waals surface area (Å²) in [6, 6.07) is 1.01. The highest BCUT2D eigenvalue weighted by Crippen LogP contribution is 2.11. The van der Waals surface area contributed by atoms with Crippen LogP contribution in [0.1, 0.15) is 6.92 Å². The molecular formula is C8H18N2OS. The smallest absolute Gasteiger partial charge is 0.0564 e. The summed E-state index contributed by atoms with van der Waals surface area (Å²) in [5.74, 6) is 0. The lowest BCUT2D eigenvalue weighted by molar-refractivity contribution is 0.257. The Labute approximate surface area is 78.3 Å². The number of rotatable bonds is 5. The maximum atomic E-state index is 9.02. The van der Waals surface area contributed by atoms with E-state index >= 15 is 0 Å². The van der Waals surface area contributed by atoms with Gasteiger partial charge in [-0.1, -0.05) is 0 Å². The summed E-state index contributed by atoms with van der Waals surface area (Å²) in [4.78, 5) is 0. The molecule has 1 saturated heterocycles. The van der Waals surface area contributed by atoms with E-state index in [1.54, 1.807) is 11.8 Å². The first-order chi connectivity index (χ1) is 5.77. The van der Waals surface area contributed by atoms with Crippen LogP contribution in [0.4, 0.5) is 0 Å². The number of hydrogen-bond donors (Lipinski definition) is 3. The fourth-order valence-electron chi connectivity index (χ4n) is 1.32. The van der Waals surface area contributed by atoms with Crippen molar-refractivity contribution in [2.45, 2.75) is 24.3 Å². The van der Waals surface area contributed by atoms with E-state index in [1.807, 2.05) is 6.26 Å². The van der Waals surface area contributed by atoms with Gasteiger partial charge >= 0.3 is 0 Å². The normalized spacial score (nSPS) is 23.2. The first-order valence-corrected chi connectivity index (χ1v) is 5.67. The predicted molar refractivity (Wildman–Crippen MR) is 53.6 cm³/mol. The summed E-state index contributed by atoms with van der Waals surface area (Å²) in [7, 11) is 0. The van der Waals surface area contributed by atoms with E-state index in [1.165, 1.54) is 0 Å². The van der Waals surface area contributed by atoms with Gasteiger partial charge in [-0.3, -0.25) is 0 Å². The van der Waals surface area contributed by atoms with Crippen molar-refractivity contribution in [2.75, 3.05) is 26.0 Å². The molecule has 0 saturated carbocycles. The third kappa shape index (κ3) is 2.62. The van der Waals surface area contributed by atoms with Crippen molar-refractivity contribution in [3.8, 4) is 0 Å². The monoisotopic (exact) mass is 190 g/mol. The molecule has 0 aliphatic carbocycles. The van der Waals surface area contributed by atoms with Crippen LogP contribution in [0.15, 0.2) is 0 Å². The van der Waals surface area contributed by atoms with Crippen molar-refractivity contribution in [1.82, 2.24) is 10.6 Å². The molecule has 4 heteroatoms. The molecule has 0 bridgehead atoms. The molecule has 12 heavy (non-hydrogen) atoms. The fourth-order valence-corrected chi connectivity index (χ4v) is 1.96. The van der Waals surface area contributed by atoms with Crippen LogP contribution in [0.3, 0.4) is 0 Å². The van der Waals surface area contributed by atoms with Crippen LogP contribution >= 0.6 is 11.8 Å². The Bertz CT molecular complexity index is 126. The zero-order chi connectivity index (χ0) is 8.97. The lowest BCUT2D eigenvalue weighted by atomic mass is 10.1. The van der Waals surface area contributed by atoms with Gasteiger partial charge in [0.1, 0.15) is 0 Å². The second-order valence-corrected chi connectivity index (χ2v) is 4.34. The molecule has 0 aromatic rings. The molecule has 72 valence electrons. The van der Waals surface area contributed by atoms with Crippen LogP contribution < -0.4 is 10.6 Å². The van der Waals surface area contributed by atoms with E-state index in [0.717, 1.165) is 13.1 Å². The number of thioether (sulfide) groups is 1. The summed E-state index contributed by atoms with van der Waals surface area (Å²) in [5, 5.41) is 16.0. The van der Waals surface area contributed by atoms with Gasteiger partial charge in [-0.05, 0) is 13.2 Å². The third-order valence-electron chi connectivity index (χ3n) is 2.32. The molecule has 0 aromatic heterocycles. The van der Waals surface area contributed by atoms with E-state index in [4.69, 9.17) is 5.11 Å². The Hall–Kier alpha value is 0.230. The highest BCUT2D eigenvalue weighted by molar-refractivity contribution is 7.99. The molecule has 2 atom stereocenters. The van der Waals surface area contributed by atoms with E-state index in [-0.39, 0.29) is 6.61 Å². The summed E-state index contributed by atoms with van der Waals surface area (Å²) in [6.45, 7) is 4.53. The quantitative estimate of drug-likeness (QED) is 0.555. The minimum atomic E-state index is 0.259. The molecule has 1 aliphatic heterocycles. The Morgan fingerprint density at radius 1 is 1.67 bits per heavy atom. The van der Waals surface area contributed by atoms with Gasteiger partial charge in [-0.15, -0.1) is 0 Å². The van der Waals surface area contributed by atoms with Crippen molar-refractivity contribution in [3.63, 3.8) is 0 Å². The first kappa shape index (κ1) is 10.3. The minimum absolute atomic E-state index is 0.259. The minimum Gasteiger partial charge on any atom is -0.395 e. The van der Waals surface area contributed by atoms with Crippen molar-refractivity contribution >= 4 is 11.8 Å². The zero-order valence-corrected chi connectivity index (χ0v) is 8.53. The molecule has 2 unspecified atom stereocenters. The lowest BCUT2D eigenvalue weighted by Crippen LogP contribution is -2.59. The number of aliphatic hydroxyl groups excluding tert-OH is 1. The molecule has 0 amide bonds. The SMILES string of the molecule is CSC(CO)C(C)NC1CNC1. The van der Waals surface area contributed by atoms with Gasteiger partial charge in [0, 0.05) is 30.4 Å².